The second-order valence-electron chi connectivity index (χ2n) is 7.44. The Morgan fingerprint density at radius 3 is 1.33 bits per heavy atom. The van der Waals surface area contributed by atoms with Gasteiger partial charge < -0.3 is 18.9 Å². The molecule has 2 rings (SSSR count). The molecule has 0 bridgehead atoms. The predicted molar refractivity (Wildman–Crippen MR) is 121 cm³/mol. The van der Waals surface area contributed by atoms with Crippen molar-refractivity contribution >= 4 is 21.8 Å². The van der Waals surface area contributed by atoms with Gasteiger partial charge in [-0.15, -0.1) is 0 Å². The van der Waals surface area contributed by atoms with E-state index in [1.807, 2.05) is 13.8 Å². The molecule has 2 aromatic rings. The number of hydrogen-bond donors (Lipinski definition) is 0. The molecule has 0 aliphatic carbocycles. The van der Waals surface area contributed by atoms with Crippen molar-refractivity contribution in [3.8, 4) is 11.5 Å². The summed E-state index contributed by atoms with van der Waals surface area (Å²) in [5, 5.41) is 0. The first-order chi connectivity index (χ1) is 15.6. The molecule has 8 nitrogen and oxygen atoms in total. The zero-order chi connectivity index (χ0) is 24.4. The van der Waals surface area contributed by atoms with E-state index in [-0.39, 0.29) is 35.2 Å². The van der Waals surface area contributed by atoms with Gasteiger partial charge in [-0.05, 0) is 75.2 Å². The molecule has 0 fully saturated rings. The number of benzene rings is 2. The van der Waals surface area contributed by atoms with Crippen molar-refractivity contribution in [3.63, 3.8) is 0 Å². The molecule has 0 radical (unpaired) electrons. The third kappa shape index (κ3) is 8.09. The maximum atomic E-state index is 12.9. The SMILES string of the molecule is CC[C@H](C)OC(=O)COc1ccc(S(=O)(=O)c2ccc(OCC(=O)O[C@@H](C)CC)cc2)cc1. The molecule has 0 amide bonds. The molecular weight excluding hydrogens is 448 g/mol. The number of carbonyl (C=O) groups is 2. The first-order valence-electron chi connectivity index (χ1n) is 10.8. The highest BCUT2D eigenvalue weighted by Gasteiger charge is 2.18. The summed E-state index contributed by atoms with van der Waals surface area (Å²) in [5.41, 5.74) is 0. The van der Waals surface area contributed by atoms with Gasteiger partial charge in [0.25, 0.3) is 0 Å². The van der Waals surface area contributed by atoms with Crippen LogP contribution in [0.4, 0.5) is 0 Å². The molecule has 180 valence electrons. The normalized spacial score (nSPS) is 13.0. The molecule has 33 heavy (non-hydrogen) atoms. The van der Waals surface area contributed by atoms with Gasteiger partial charge in [-0.25, -0.2) is 18.0 Å². The third-order valence-electron chi connectivity index (χ3n) is 4.80. The van der Waals surface area contributed by atoms with E-state index in [9.17, 15) is 18.0 Å². The van der Waals surface area contributed by atoms with Crippen molar-refractivity contribution in [2.75, 3.05) is 13.2 Å². The van der Waals surface area contributed by atoms with Gasteiger partial charge in [-0.3, -0.25) is 0 Å². The zero-order valence-electron chi connectivity index (χ0n) is 19.3. The van der Waals surface area contributed by atoms with Gasteiger partial charge in [-0.2, -0.15) is 0 Å². The molecule has 0 unspecified atom stereocenters. The first-order valence-corrected chi connectivity index (χ1v) is 12.2. The number of esters is 2. The first kappa shape index (κ1) is 26.2. The van der Waals surface area contributed by atoms with E-state index in [1.165, 1.54) is 48.5 Å². The van der Waals surface area contributed by atoms with Crippen LogP contribution in [0.3, 0.4) is 0 Å². The summed E-state index contributed by atoms with van der Waals surface area (Å²) in [6.07, 6.45) is 1.03. The van der Waals surface area contributed by atoms with Gasteiger partial charge in [0.05, 0.1) is 22.0 Å². The van der Waals surface area contributed by atoms with Crippen LogP contribution in [0, 0.1) is 0 Å². The molecule has 0 aliphatic rings. The van der Waals surface area contributed by atoms with Crippen LogP contribution in [0.1, 0.15) is 40.5 Å². The summed E-state index contributed by atoms with van der Waals surface area (Å²) in [7, 11) is -3.77. The minimum absolute atomic E-state index is 0.0721. The number of ether oxygens (including phenoxy) is 4. The number of rotatable bonds is 12. The maximum Gasteiger partial charge on any atom is 0.344 e. The molecule has 9 heteroatoms. The maximum absolute atomic E-state index is 12.9. The molecule has 0 N–H and O–H groups in total. The Morgan fingerprint density at radius 2 is 1.03 bits per heavy atom. The fourth-order valence-corrected chi connectivity index (χ4v) is 3.80. The molecule has 0 heterocycles. The average Bonchev–Trinajstić information content (AvgIpc) is 2.81. The predicted octanol–water partition coefficient (Wildman–Crippen LogP) is 3.96. The topological polar surface area (TPSA) is 105 Å². The lowest BCUT2D eigenvalue weighted by Gasteiger charge is -2.12. The van der Waals surface area contributed by atoms with E-state index in [0.29, 0.717) is 24.3 Å². The van der Waals surface area contributed by atoms with Gasteiger partial charge in [0.1, 0.15) is 11.5 Å². The van der Waals surface area contributed by atoms with Crippen LogP contribution in [-0.4, -0.2) is 45.8 Å². The van der Waals surface area contributed by atoms with Crippen LogP contribution in [0.5, 0.6) is 11.5 Å². The Kier molecular flexibility index (Phi) is 9.72. The summed E-state index contributed by atoms with van der Waals surface area (Å²) >= 11 is 0. The third-order valence-corrected chi connectivity index (χ3v) is 6.58. The molecule has 0 spiro atoms. The summed E-state index contributed by atoms with van der Waals surface area (Å²) in [4.78, 5) is 23.5. The Labute approximate surface area is 194 Å². The van der Waals surface area contributed by atoms with Crippen LogP contribution < -0.4 is 9.47 Å². The smallest absolute Gasteiger partial charge is 0.344 e. The second-order valence-corrected chi connectivity index (χ2v) is 9.39. The Morgan fingerprint density at radius 1 is 0.697 bits per heavy atom. The molecule has 0 aromatic heterocycles. The van der Waals surface area contributed by atoms with Gasteiger partial charge in [0.15, 0.2) is 13.2 Å². The largest absolute Gasteiger partial charge is 0.482 e. The van der Waals surface area contributed by atoms with Crippen molar-refractivity contribution in [3.05, 3.63) is 48.5 Å². The summed E-state index contributed by atoms with van der Waals surface area (Å²) < 4.78 is 46.7. The lowest BCUT2D eigenvalue weighted by atomic mass is 10.3. The van der Waals surface area contributed by atoms with Crippen molar-refractivity contribution < 1.29 is 37.0 Å². The molecule has 0 saturated carbocycles. The lowest BCUT2D eigenvalue weighted by molar-refractivity contribution is -0.151. The number of hydrogen-bond acceptors (Lipinski definition) is 8. The zero-order valence-corrected chi connectivity index (χ0v) is 20.1. The lowest BCUT2D eigenvalue weighted by Crippen LogP contribution is -2.20. The highest BCUT2D eigenvalue weighted by Crippen LogP contribution is 2.25. The van der Waals surface area contributed by atoms with Gasteiger partial charge in [0, 0.05) is 0 Å². The standard InChI is InChI=1S/C24H30O8S/c1-5-17(3)31-23(25)15-29-19-7-11-21(12-8-19)33(27,28)22-13-9-20(10-14-22)30-16-24(26)32-18(4)6-2/h7-14,17-18H,5-6,15-16H2,1-4H3/t17-,18-/m0/s1. The summed E-state index contributed by atoms with van der Waals surface area (Å²) in [5.74, 6) is -0.279. The Balaban J connectivity index is 1.96. The van der Waals surface area contributed by atoms with Crippen molar-refractivity contribution in [2.24, 2.45) is 0 Å². The van der Waals surface area contributed by atoms with Gasteiger partial charge in [-0.1, -0.05) is 13.8 Å². The molecule has 0 aliphatic heterocycles. The van der Waals surface area contributed by atoms with Crippen LogP contribution in [-0.2, 0) is 28.9 Å². The monoisotopic (exact) mass is 478 g/mol. The number of carbonyl (C=O) groups excluding carboxylic acids is 2. The Bertz CT molecular complexity index is 936. The van der Waals surface area contributed by atoms with E-state index in [1.54, 1.807) is 13.8 Å². The van der Waals surface area contributed by atoms with E-state index >= 15 is 0 Å². The van der Waals surface area contributed by atoms with E-state index in [2.05, 4.69) is 0 Å². The van der Waals surface area contributed by atoms with Crippen LogP contribution >= 0.6 is 0 Å². The van der Waals surface area contributed by atoms with Gasteiger partial charge >= 0.3 is 11.9 Å². The van der Waals surface area contributed by atoms with Crippen LogP contribution in [0.25, 0.3) is 0 Å². The minimum atomic E-state index is -3.77. The van der Waals surface area contributed by atoms with Crippen molar-refractivity contribution in [2.45, 2.75) is 62.5 Å². The highest BCUT2D eigenvalue weighted by atomic mass is 32.2. The average molecular weight is 479 g/mol. The van der Waals surface area contributed by atoms with Crippen LogP contribution in [0.15, 0.2) is 58.3 Å². The fourth-order valence-electron chi connectivity index (χ4n) is 2.53. The van der Waals surface area contributed by atoms with Crippen molar-refractivity contribution in [1.82, 2.24) is 0 Å². The molecular formula is C24H30O8S. The van der Waals surface area contributed by atoms with E-state index in [0.717, 1.165) is 0 Å². The second kappa shape index (κ2) is 12.2. The van der Waals surface area contributed by atoms with E-state index in [4.69, 9.17) is 18.9 Å². The molecule has 0 saturated heterocycles. The quantitative estimate of drug-likeness (QED) is 0.422. The summed E-state index contributed by atoms with van der Waals surface area (Å²) in [6, 6.07) is 11.5. The van der Waals surface area contributed by atoms with Gasteiger partial charge in [0.2, 0.25) is 9.84 Å². The molecule has 2 atom stereocenters. The Hall–Kier alpha value is -3.07. The molecule has 2 aromatic carbocycles. The fraction of sp³-hybridized carbons (Fsp3) is 0.417. The number of sulfone groups is 1. The minimum Gasteiger partial charge on any atom is -0.482 e. The summed E-state index contributed by atoms with van der Waals surface area (Å²) in [6.45, 7) is 6.87. The van der Waals surface area contributed by atoms with Crippen molar-refractivity contribution in [1.29, 1.82) is 0 Å². The highest BCUT2D eigenvalue weighted by molar-refractivity contribution is 7.91. The van der Waals surface area contributed by atoms with Crippen LogP contribution in [0.2, 0.25) is 0 Å². The van der Waals surface area contributed by atoms with E-state index < -0.39 is 21.8 Å².